The molecule has 2 aliphatic heterocycles. The summed E-state index contributed by atoms with van der Waals surface area (Å²) in [4.78, 5) is 81.0. The van der Waals surface area contributed by atoms with Crippen LogP contribution in [0.4, 0.5) is 5.69 Å². The van der Waals surface area contributed by atoms with Crippen molar-refractivity contribution in [3.05, 3.63) is 122 Å². The van der Waals surface area contributed by atoms with E-state index in [1.54, 1.807) is 84.2 Å². The molecule has 0 spiro atoms. The van der Waals surface area contributed by atoms with Crippen molar-refractivity contribution in [2.24, 2.45) is 0 Å². The number of halogens is 1. The van der Waals surface area contributed by atoms with Crippen molar-refractivity contribution in [1.82, 2.24) is 21.3 Å². The van der Waals surface area contributed by atoms with Crippen LogP contribution in [0.1, 0.15) is 28.0 Å². The molecular weight excluding hydrogens is 766 g/mol. The number of rotatable bonds is 7. The number of carboxylic acids is 1. The fraction of sp³-hybridized carbons (Fsp3) is 0.263. The topological polar surface area (TPSA) is 203 Å². The number of hydrogen-bond donors (Lipinski definition) is 7. The number of carbonyl (C=O) groups excluding carboxylic acids is 5. The third kappa shape index (κ3) is 11.6. The Morgan fingerprint density at radius 2 is 1.25 bits per heavy atom. The van der Waals surface area contributed by atoms with Gasteiger partial charge in [0.05, 0.1) is 6.42 Å². The molecule has 6 rings (SSSR count). The van der Waals surface area contributed by atoms with Crippen LogP contribution in [0, 0.1) is 0 Å². The maximum absolute atomic E-state index is 14.2. The minimum absolute atomic E-state index is 0.00332. The number of aliphatic carboxylic acids is 1. The highest BCUT2D eigenvalue weighted by atomic mass is 79.9. The minimum atomic E-state index is -1.77. The molecule has 0 fully saturated rings. The van der Waals surface area contributed by atoms with Crippen LogP contribution in [-0.4, -0.2) is 76.0 Å². The Labute approximate surface area is 317 Å². The van der Waals surface area contributed by atoms with Gasteiger partial charge in [-0.1, -0.05) is 76.6 Å². The summed E-state index contributed by atoms with van der Waals surface area (Å²) >= 11 is 4.75. The van der Waals surface area contributed by atoms with E-state index in [0.29, 0.717) is 16.7 Å². The van der Waals surface area contributed by atoms with Gasteiger partial charge in [-0.05, 0) is 52.4 Å². The van der Waals surface area contributed by atoms with Gasteiger partial charge in [-0.15, -0.1) is 11.3 Å². The zero-order chi connectivity index (χ0) is 37.9. The molecule has 0 saturated carbocycles. The van der Waals surface area contributed by atoms with Crippen LogP contribution < -0.4 is 26.6 Å². The van der Waals surface area contributed by atoms with Gasteiger partial charge in [0.1, 0.15) is 30.3 Å². The van der Waals surface area contributed by atoms with E-state index in [4.69, 9.17) is 0 Å². The van der Waals surface area contributed by atoms with Crippen LogP contribution in [0.5, 0.6) is 0 Å². The summed E-state index contributed by atoms with van der Waals surface area (Å²) in [5.41, 5.74) is 2.15. The van der Waals surface area contributed by atoms with Crippen LogP contribution in [0.3, 0.4) is 0 Å². The van der Waals surface area contributed by atoms with E-state index in [-0.39, 0.29) is 31.4 Å². The predicted molar refractivity (Wildman–Crippen MR) is 201 cm³/mol. The molecule has 5 atom stereocenters. The fourth-order valence-electron chi connectivity index (χ4n) is 5.69. The van der Waals surface area contributed by atoms with Crippen molar-refractivity contribution in [1.29, 1.82) is 0 Å². The molecule has 0 aliphatic carbocycles. The average Bonchev–Trinajstić information content (AvgIpc) is 3.65. The molecule has 2 bridgehead atoms. The Balaban J connectivity index is 1.51. The highest BCUT2D eigenvalue weighted by Crippen LogP contribution is 2.16. The first-order valence-electron chi connectivity index (χ1n) is 16.8. The van der Waals surface area contributed by atoms with Gasteiger partial charge in [0.15, 0.2) is 0 Å². The van der Waals surface area contributed by atoms with Gasteiger partial charge in [-0.3, -0.25) is 24.0 Å². The van der Waals surface area contributed by atoms with E-state index in [2.05, 4.69) is 42.5 Å². The van der Waals surface area contributed by atoms with Gasteiger partial charge in [0.25, 0.3) is 5.91 Å². The lowest BCUT2D eigenvalue weighted by molar-refractivity contribution is -0.142. The van der Waals surface area contributed by atoms with Crippen molar-refractivity contribution >= 4 is 68.5 Å². The molecule has 1 aromatic heterocycles. The predicted octanol–water partition coefficient (Wildman–Crippen LogP) is 2.51. The Morgan fingerprint density at radius 1 is 0.660 bits per heavy atom. The van der Waals surface area contributed by atoms with E-state index in [1.165, 1.54) is 23.5 Å². The molecule has 0 unspecified atom stereocenters. The zero-order valence-corrected chi connectivity index (χ0v) is 30.7. The van der Waals surface area contributed by atoms with E-state index in [1.807, 2.05) is 0 Å². The average molecular weight is 805 g/mol. The second-order valence-corrected chi connectivity index (χ2v) is 14.5. The quantitative estimate of drug-likeness (QED) is 0.138. The number of aliphatic hydroxyl groups excluding tert-OH is 1. The van der Waals surface area contributed by atoms with Gasteiger partial charge in [-0.2, -0.15) is 0 Å². The lowest BCUT2D eigenvalue weighted by Crippen LogP contribution is -2.59. The summed E-state index contributed by atoms with van der Waals surface area (Å²) in [5.74, 6) is -5.16. The molecule has 13 nitrogen and oxygen atoms in total. The molecule has 3 heterocycles. The number of thiophene rings is 1. The summed E-state index contributed by atoms with van der Waals surface area (Å²) in [6.07, 6.45) is -2.49. The Kier molecular flexibility index (Phi) is 13.5. The monoisotopic (exact) mass is 803 g/mol. The SMILES string of the molecule is O=C1C[C@@H](O)C(=O)Nc2ccc(cc2)C[C@@H](C(=O)O)NC(=O)[C@@H](Cc2ccccc2)NC(=O)[C@H](Cc2ccc(Br)cc2)NC(=O)[C@@H](Cc2cccs2)N1. The smallest absolute Gasteiger partial charge is 0.326 e. The van der Waals surface area contributed by atoms with Crippen LogP contribution in [0.15, 0.2) is 101 Å². The van der Waals surface area contributed by atoms with E-state index in [9.17, 15) is 39.0 Å². The molecule has 7 N–H and O–H groups in total. The number of benzene rings is 3. The molecule has 15 heteroatoms. The molecule has 2 aliphatic rings. The van der Waals surface area contributed by atoms with Gasteiger partial charge in [0.2, 0.25) is 23.6 Å². The number of aliphatic hydroxyl groups is 1. The van der Waals surface area contributed by atoms with Gasteiger partial charge < -0.3 is 36.8 Å². The molecule has 0 saturated heterocycles. The van der Waals surface area contributed by atoms with Crippen LogP contribution in [0.2, 0.25) is 0 Å². The molecule has 53 heavy (non-hydrogen) atoms. The minimum Gasteiger partial charge on any atom is -0.480 e. The van der Waals surface area contributed by atoms with E-state index >= 15 is 0 Å². The molecule has 4 aromatic rings. The zero-order valence-electron chi connectivity index (χ0n) is 28.3. The van der Waals surface area contributed by atoms with Crippen LogP contribution >= 0.6 is 27.3 Å². The molecule has 3 aromatic carbocycles. The molecular formula is C38H38BrN5O8S. The number of hydrogen-bond acceptors (Lipinski definition) is 8. The molecule has 276 valence electrons. The van der Waals surface area contributed by atoms with Crippen molar-refractivity contribution in [2.45, 2.75) is 62.4 Å². The van der Waals surface area contributed by atoms with Crippen molar-refractivity contribution in [3.63, 3.8) is 0 Å². The fourth-order valence-corrected chi connectivity index (χ4v) is 6.70. The number of fused-ring (bicyclic) bond motifs is 18. The largest absolute Gasteiger partial charge is 0.480 e. The maximum Gasteiger partial charge on any atom is 0.326 e. The summed E-state index contributed by atoms with van der Waals surface area (Å²) < 4.78 is 0.791. The number of carboxylic acid groups (broad SMARTS) is 1. The van der Waals surface area contributed by atoms with E-state index < -0.39 is 72.2 Å². The highest BCUT2D eigenvalue weighted by molar-refractivity contribution is 9.10. The first-order valence-corrected chi connectivity index (χ1v) is 18.4. The first-order chi connectivity index (χ1) is 25.4. The number of carbonyl (C=O) groups is 6. The lowest BCUT2D eigenvalue weighted by Gasteiger charge is -2.26. The summed E-state index contributed by atoms with van der Waals surface area (Å²) in [6.45, 7) is 0. The summed E-state index contributed by atoms with van der Waals surface area (Å²) in [6, 6.07) is 20.5. The maximum atomic E-state index is 14.2. The number of anilines is 1. The Morgan fingerprint density at radius 3 is 1.83 bits per heavy atom. The third-order valence-corrected chi connectivity index (χ3v) is 9.92. The van der Waals surface area contributed by atoms with Crippen LogP contribution in [-0.2, 0) is 54.5 Å². The standard InChI is InChI=1S/C38H38BrN5O8S/c39-25-12-8-23(9-13-25)18-29-34(47)42-28(17-22-5-2-1-3-6-22)35(48)44-31(38(51)52)19-24-10-14-26(15-11-24)40-37(50)32(45)21-33(46)41-30(36(49)43-29)20-27-7-4-16-53-27/h1-16,28-32,45H,17-21H2,(H,40,50)(H,41,46)(H,42,47)(H,43,49)(H,44,48)(H,51,52)/t28-,29+,30-,31+,32-/m1/s1. The van der Waals surface area contributed by atoms with Gasteiger partial charge in [-0.25, -0.2) is 4.79 Å². The second-order valence-electron chi connectivity index (χ2n) is 12.6. The normalized spacial score (nSPS) is 22.0. The van der Waals surface area contributed by atoms with E-state index in [0.717, 1.165) is 9.35 Å². The highest BCUT2D eigenvalue weighted by Gasteiger charge is 2.33. The molecule has 0 radical (unpaired) electrons. The van der Waals surface area contributed by atoms with Gasteiger partial charge in [0, 0.05) is 40.7 Å². The third-order valence-electron chi connectivity index (χ3n) is 8.50. The van der Waals surface area contributed by atoms with Crippen molar-refractivity contribution < 1.29 is 39.0 Å². The van der Waals surface area contributed by atoms with Crippen molar-refractivity contribution in [2.75, 3.05) is 5.32 Å². The Bertz CT molecular complexity index is 1910. The lowest BCUT2D eigenvalue weighted by atomic mass is 10.0. The molecule has 5 amide bonds. The second kappa shape index (κ2) is 18.4. The van der Waals surface area contributed by atoms with Crippen LogP contribution in [0.25, 0.3) is 0 Å². The number of nitrogens with one attached hydrogen (secondary N) is 5. The summed E-state index contributed by atoms with van der Waals surface area (Å²) in [7, 11) is 0. The number of amides is 5. The first kappa shape index (κ1) is 38.8. The van der Waals surface area contributed by atoms with Crippen molar-refractivity contribution in [3.8, 4) is 0 Å². The van der Waals surface area contributed by atoms with Gasteiger partial charge >= 0.3 is 5.97 Å². The Hall–Kier alpha value is -5.38. The summed E-state index contributed by atoms with van der Waals surface area (Å²) in [5, 5.41) is 35.6.